The lowest BCUT2D eigenvalue weighted by atomic mass is 9.50. The summed E-state index contributed by atoms with van der Waals surface area (Å²) in [6.45, 7) is 0.548. The Hall–Kier alpha value is -1.38. The third-order valence-electron chi connectivity index (χ3n) is 5.75. The average Bonchev–Trinajstić information content (AvgIpc) is 2.44. The minimum atomic E-state index is -0.326. The van der Waals surface area contributed by atoms with Gasteiger partial charge in [0.2, 0.25) is 0 Å². The molecule has 0 spiro atoms. The Balaban J connectivity index is 1.42. The van der Waals surface area contributed by atoms with Crippen molar-refractivity contribution in [2.45, 2.75) is 38.5 Å². The standard InChI is InChI=1S/C18H21FO2/c19-16-3-1-15(2-4-16)17(20)21-11-18-8-12-5-13(9-18)7-14(6-12)10-18/h1-4,12-14H,5-11H2. The van der Waals surface area contributed by atoms with Gasteiger partial charge in [0.15, 0.2) is 0 Å². The molecule has 1 aromatic carbocycles. The first-order valence-corrected chi connectivity index (χ1v) is 8.05. The van der Waals surface area contributed by atoms with Crippen LogP contribution in [0.5, 0.6) is 0 Å². The number of ether oxygens (including phenoxy) is 1. The molecule has 4 bridgehead atoms. The number of carbonyl (C=O) groups is 1. The van der Waals surface area contributed by atoms with E-state index in [4.69, 9.17) is 4.74 Å². The number of carbonyl (C=O) groups excluding carboxylic acids is 1. The topological polar surface area (TPSA) is 26.3 Å². The zero-order valence-corrected chi connectivity index (χ0v) is 12.2. The van der Waals surface area contributed by atoms with Crippen molar-refractivity contribution in [2.75, 3.05) is 6.61 Å². The Labute approximate surface area is 124 Å². The zero-order chi connectivity index (χ0) is 14.4. The second kappa shape index (κ2) is 4.82. The highest BCUT2D eigenvalue weighted by Crippen LogP contribution is 2.60. The molecule has 4 saturated carbocycles. The molecular formula is C18H21FO2. The summed E-state index contributed by atoms with van der Waals surface area (Å²) < 4.78 is 18.5. The van der Waals surface area contributed by atoms with Crippen LogP contribution in [0, 0.1) is 29.0 Å². The predicted molar refractivity (Wildman–Crippen MR) is 77.3 cm³/mol. The number of halogens is 1. The Bertz CT molecular complexity index is 514. The fourth-order valence-electron chi connectivity index (χ4n) is 5.35. The molecule has 4 aliphatic rings. The fourth-order valence-corrected chi connectivity index (χ4v) is 5.35. The van der Waals surface area contributed by atoms with E-state index in [2.05, 4.69) is 0 Å². The van der Waals surface area contributed by atoms with Crippen LogP contribution in [0.15, 0.2) is 24.3 Å². The maximum Gasteiger partial charge on any atom is 0.338 e. The number of hydrogen-bond acceptors (Lipinski definition) is 2. The van der Waals surface area contributed by atoms with Gasteiger partial charge < -0.3 is 4.74 Å². The lowest BCUT2D eigenvalue weighted by Gasteiger charge is -2.56. The molecule has 0 atom stereocenters. The van der Waals surface area contributed by atoms with Crippen LogP contribution in [-0.4, -0.2) is 12.6 Å². The number of esters is 1. The van der Waals surface area contributed by atoms with Crippen LogP contribution in [0.3, 0.4) is 0 Å². The summed E-state index contributed by atoms with van der Waals surface area (Å²) in [5.74, 6) is 1.95. The molecule has 4 aliphatic carbocycles. The molecule has 3 heteroatoms. The van der Waals surface area contributed by atoms with E-state index in [1.165, 1.54) is 62.8 Å². The minimum Gasteiger partial charge on any atom is -0.462 e. The van der Waals surface area contributed by atoms with Crippen molar-refractivity contribution < 1.29 is 13.9 Å². The largest absolute Gasteiger partial charge is 0.462 e. The van der Waals surface area contributed by atoms with E-state index >= 15 is 0 Å². The van der Waals surface area contributed by atoms with Gasteiger partial charge in [0.25, 0.3) is 0 Å². The third kappa shape index (κ3) is 2.47. The summed E-state index contributed by atoms with van der Waals surface area (Å²) in [5, 5.41) is 0. The first-order chi connectivity index (χ1) is 10.1. The van der Waals surface area contributed by atoms with Crippen LogP contribution >= 0.6 is 0 Å². The maximum absolute atomic E-state index is 12.9. The van der Waals surface area contributed by atoms with E-state index in [1.54, 1.807) is 0 Å². The molecule has 0 amide bonds. The minimum absolute atomic E-state index is 0.241. The van der Waals surface area contributed by atoms with Crippen molar-refractivity contribution in [2.24, 2.45) is 23.2 Å². The van der Waals surface area contributed by atoms with Crippen molar-refractivity contribution in [3.8, 4) is 0 Å². The molecule has 0 unspecified atom stereocenters. The summed E-state index contributed by atoms with van der Waals surface area (Å²) >= 11 is 0. The van der Waals surface area contributed by atoms with Gasteiger partial charge in [0, 0.05) is 5.41 Å². The molecular weight excluding hydrogens is 267 g/mol. The normalized spacial score (nSPS) is 36.7. The molecule has 0 aromatic heterocycles. The molecule has 2 nitrogen and oxygen atoms in total. The maximum atomic E-state index is 12.9. The second-order valence-electron chi connectivity index (χ2n) is 7.50. The van der Waals surface area contributed by atoms with Gasteiger partial charge in [-0.15, -0.1) is 0 Å². The SMILES string of the molecule is O=C(OCC12CC3CC(CC(C3)C1)C2)c1ccc(F)cc1. The predicted octanol–water partition coefficient (Wildman–Crippen LogP) is 4.20. The molecule has 5 rings (SSSR count). The van der Waals surface area contributed by atoms with E-state index in [0.717, 1.165) is 17.8 Å². The van der Waals surface area contributed by atoms with Crippen molar-refractivity contribution in [1.82, 2.24) is 0 Å². The van der Waals surface area contributed by atoms with E-state index in [9.17, 15) is 9.18 Å². The average molecular weight is 288 g/mol. The van der Waals surface area contributed by atoms with Crippen LogP contribution in [0.25, 0.3) is 0 Å². The van der Waals surface area contributed by atoms with E-state index < -0.39 is 0 Å². The van der Waals surface area contributed by atoms with Gasteiger partial charge >= 0.3 is 5.97 Å². The molecule has 0 N–H and O–H groups in total. The molecule has 0 aliphatic heterocycles. The fraction of sp³-hybridized carbons (Fsp3) is 0.611. The van der Waals surface area contributed by atoms with Gasteiger partial charge in [-0.25, -0.2) is 9.18 Å². The van der Waals surface area contributed by atoms with Crippen molar-refractivity contribution in [3.63, 3.8) is 0 Å². The Kier molecular flexibility index (Phi) is 3.05. The number of rotatable bonds is 3. The Morgan fingerprint density at radius 1 is 1.05 bits per heavy atom. The smallest absolute Gasteiger partial charge is 0.338 e. The van der Waals surface area contributed by atoms with Crippen LogP contribution in [-0.2, 0) is 4.74 Å². The van der Waals surface area contributed by atoms with Gasteiger partial charge in [0.05, 0.1) is 12.2 Å². The molecule has 1 aromatic rings. The lowest BCUT2D eigenvalue weighted by Crippen LogP contribution is -2.48. The molecule has 4 fully saturated rings. The quantitative estimate of drug-likeness (QED) is 0.779. The summed E-state index contributed by atoms with van der Waals surface area (Å²) in [6, 6.07) is 5.61. The zero-order valence-electron chi connectivity index (χ0n) is 12.2. The first-order valence-electron chi connectivity index (χ1n) is 8.05. The van der Waals surface area contributed by atoms with Gasteiger partial charge in [-0.05, 0) is 80.5 Å². The van der Waals surface area contributed by atoms with Crippen molar-refractivity contribution in [1.29, 1.82) is 0 Å². The first kappa shape index (κ1) is 13.3. The Morgan fingerprint density at radius 3 is 2.10 bits per heavy atom. The highest BCUT2D eigenvalue weighted by Gasteiger charge is 2.51. The monoisotopic (exact) mass is 288 g/mol. The highest BCUT2D eigenvalue weighted by atomic mass is 19.1. The Morgan fingerprint density at radius 2 is 1.57 bits per heavy atom. The van der Waals surface area contributed by atoms with Crippen LogP contribution in [0.1, 0.15) is 48.9 Å². The summed E-state index contributed by atoms with van der Waals surface area (Å²) in [7, 11) is 0. The third-order valence-corrected chi connectivity index (χ3v) is 5.75. The molecule has 21 heavy (non-hydrogen) atoms. The van der Waals surface area contributed by atoms with E-state index in [-0.39, 0.29) is 17.2 Å². The highest BCUT2D eigenvalue weighted by molar-refractivity contribution is 5.89. The van der Waals surface area contributed by atoms with E-state index in [0.29, 0.717) is 12.2 Å². The molecule has 0 heterocycles. The lowest BCUT2D eigenvalue weighted by molar-refractivity contribution is -0.0848. The van der Waals surface area contributed by atoms with Crippen LogP contribution < -0.4 is 0 Å². The number of hydrogen-bond donors (Lipinski definition) is 0. The summed E-state index contributed by atoms with van der Waals surface area (Å²) in [6.07, 6.45) is 7.88. The van der Waals surface area contributed by atoms with Crippen LogP contribution in [0.4, 0.5) is 4.39 Å². The molecule has 112 valence electrons. The van der Waals surface area contributed by atoms with E-state index in [1.807, 2.05) is 0 Å². The summed E-state index contributed by atoms with van der Waals surface area (Å²) in [5.41, 5.74) is 0.686. The van der Waals surface area contributed by atoms with Crippen molar-refractivity contribution >= 4 is 5.97 Å². The molecule has 0 saturated heterocycles. The second-order valence-corrected chi connectivity index (χ2v) is 7.50. The van der Waals surface area contributed by atoms with Gasteiger partial charge in [-0.2, -0.15) is 0 Å². The van der Waals surface area contributed by atoms with Crippen LogP contribution in [0.2, 0.25) is 0 Å². The number of benzene rings is 1. The molecule has 0 radical (unpaired) electrons. The van der Waals surface area contributed by atoms with Gasteiger partial charge in [-0.1, -0.05) is 0 Å². The summed E-state index contributed by atoms with van der Waals surface area (Å²) in [4.78, 5) is 12.1. The van der Waals surface area contributed by atoms with Crippen molar-refractivity contribution in [3.05, 3.63) is 35.6 Å². The van der Waals surface area contributed by atoms with Gasteiger partial charge in [-0.3, -0.25) is 0 Å². The van der Waals surface area contributed by atoms with Gasteiger partial charge in [0.1, 0.15) is 5.82 Å².